The molecular formula is C24H18N4Pd. The average molecular weight is 469 g/mol. The van der Waals surface area contributed by atoms with Gasteiger partial charge in [0.25, 0.3) is 0 Å². The summed E-state index contributed by atoms with van der Waals surface area (Å²) in [4.78, 5) is 14.0. The van der Waals surface area contributed by atoms with Crippen molar-refractivity contribution in [3.8, 4) is 0 Å². The van der Waals surface area contributed by atoms with Gasteiger partial charge >= 0.3 is 0 Å². The molecule has 29 heavy (non-hydrogen) atoms. The summed E-state index contributed by atoms with van der Waals surface area (Å²) in [5.74, 6) is 0. The van der Waals surface area contributed by atoms with Crippen LogP contribution in [0.15, 0.2) is 60.7 Å². The van der Waals surface area contributed by atoms with Gasteiger partial charge in [0.05, 0.1) is 0 Å². The van der Waals surface area contributed by atoms with E-state index in [9.17, 15) is 0 Å². The molecular weight excluding hydrogens is 451 g/mol. The van der Waals surface area contributed by atoms with E-state index < -0.39 is 0 Å². The molecule has 0 atom stereocenters. The summed E-state index contributed by atoms with van der Waals surface area (Å²) < 4.78 is 0. The Bertz CT molecular complexity index is 1460. The quantitative estimate of drug-likeness (QED) is 0.246. The fourth-order valence-corrected chi connectivity index (χ4v) is 3.90. The van der Waals surface area contributed by atoms with Gasteiger partial charge in [-0.2, -0.15) is 0 Å². The van der Waals surface area contributed by atoms with Crippen molar-refractivity contribution >= 4 is 35.1 Å². The van der Waals surface area contributed by atoms with E-state index >= 15 is 0 Å². The molecule has 1 aliphatic heterocycles. The fourth-order valence-electron chi connectivity index (χ4n) is 3.90. The van der Waals surface area contributed by atoms with Crippen LogP contribution in [0.1, 0.15) is 22.8 Å². The Kier molecular flexibility index (Phi) is 4.28. The zero-order valence-electron chi connectivity index (χ0n) is 15.4. The summed E-state index contributed by atoms with van der Waals surface area (Å²) in [5, 5.41) is 6.76. The number of H-pyrrole nitrogens is 4. The van der Waals surface area contributed by atoms with Crippen LogP contribution in [0.5, 0.6) is 0 Å². The summed E-state index contributed by atoms with van der Waals surface area (Å²) >= 11 is 0. The summed E-state index contributed by atoms with van der Waals surface area (Å²) in [6.07, 6.45) is 8.56. The molecule has 0 spiro atoms. The van der Waals surface area contributed by atoms with Gasteiger partial charge in [-0.05, 0) is 60.7 Å². The van der Waals surface area contributed by atoms with Crippen LogP contribution in [0, 0.1) is 0 Å². The van der Waals surface area contributed by atoms with Crippen molar-refractivity contribution in [3.05, 3.63) is 105 Å². The third-order valence-corrected chi connectivity index (χ3v) is 5.19. The monoisotopic (exact) mass is 468 g/mol. The van der Waals surface area contributed by atoms with Crippen molar-refractivity contribution in [3.63, 3.8) is 0 Å². The first-order chi connectivity index (χ1) is 13.8. The molecule has 0 amide bonds. The summed E-state index contributed by atoms with van der Waals surface area (Å²) in [7, 11) is 0. The summed E-state index contributed by atoms with van der Waals surface area (Å²) in [5.41, 5.74) is 4.27. The van der Waals surface area contributed by atoms with Gasteiger partial charge in [0, 0.05) is 75.4 Å². The number of nitrogens with one attached hydrogen (secondary N) is 4. The first kappa shape index (κ1) is 17.8. The van der Waals surface area contributed by atoms with Crippen LogP contribution in [0.2, 0.25) is 0 Å². The number of hydrogen-bond donors (Lipinski definition) is 4. The van der Waals surface area contributed by atoms with Gasteiger partial charge in [0.2, 0.25) is 0 Å². The Morgan fingerprint density at radius 2 is 0.862 bits per heavy atom. The molecule has 5 heterocycles. The van der Waals surface area contributed by atoms with Crippen LogP contribution in [-0.2, 0) is 20.4 Å². The minimum absolute atomic E-state index is 0. The van der Waals surface area contributed by atoms with Crippen molar-refractivity contribution < 1.29 is 20.4 Å². The normalized spacial score (nSPS) is 12.3. The second-order valence-electron chi connectivity index (χ2n) is 7.18. The molecule has 0 saturated carbocycles. The Balaban J connectivity index is 0.00000181. The smallest absolute Gasteiger partial charge is 0.0485 e. The van der Waals surface area contributed by atoms with Crippen LogP contribution in [0.3, 0.4) is 0 Å². The molecule has 8 bridgehead atoms. The minimum Gasteiger partial charge on any atom is -0.355 e. The van der Waals surface area contributed by atoms with E-state index in [0.717, 1.165) is 44.2 Å². The second-order valence-corrected chi connectivity index (χ2v) is 7.18. The molecule has 0 saturated heterocycles. The molecule has 5 heteroatoms. The summed E-state index contributed by atoms with van der Waals surface area (Å²) in [6, 6.07) is 21.1. The van der Waals surface area contributed by atoms with E-state index in [1.165, 1.54) is 10.8 Å². The van der Waals surface area contributed by atoms with Crippen LogP contribution in [0.4, 0.5) is 0 Å². The van der Waals surface area contributed by atoms with E-state index in [0.29, 0.717) is 0 Å². The zero-order valence-corrected chi connectivity index (χ0v) is 17.0. The van der Waals surface area contributed by atoms with Gasteiger partial charge in [-0.15, -0.1) is 0 Å². The van der Waals surface area contributed by atoms with E-state index in [4.69, 9.17) is 0 Å². The van der Waals surface area contributed by atoms with Crippen molar-refractivity contribution in [2.45, 2.75) is 0 Å². The van der Waals surface area contributed by atoms with Crippen LogP contribution >= 0.6 is 0 Å². The first-order valence-corrected chi connectivity index (χ1v) is 9.37. The molecule has 5 aromatic rings. The van der Waals surface area contributed by atoms with Gasteiger partial charge in [0.15, 0.2) is 0 Å². The standard InChI is InChI=1S/C24H18N4.Pd/c1-2-4-22-21(3-1)23-13-19-9-7-17(26-19)11-15-5-6-16(25-15)12-18-8-10-20(27-18)14-24(22)28-23;/h1-14,25-28H;. The maximum absolute atomic E-state index is 3.59. The second kappa shape index (κ2) is 6.97. The topological polar surface area (TPSA) is 63.2 Å². The van der Waals surface area contributed by atoms with Crippen LogP contribution in [0.25, 0.3) is 35.1 Å². The molecule has 6 rings (SSSR count). The van der Waals surface area contributed by atoms with E-state index in [1.54, 1.807) is 0 Å². The third kappa shape index (κ3) is 3.25. The fraction of sp³-hybridized carbons (Fsp3) is 0. The molecule has 0 unspecified atom stereocenters. The molecule has 4 nitrogen and oxygen atoms in total. The number of aromatic nitrogens is 4. The maximum atomic E-state index is 3.59. The molecule has 0 radical (unpaired) electrons. The first-order valence-electron chi connectivity index (χ1n) is 9.37. The largest absolute Gasteiger partial charge is 0.355 e. The van der Waals surface area contributed by atoms with Crippen molar-refractivity contribution in [1.82, 2.24) is 19.9 Å². The molecule has 0 fully saturated rings. The van der Waals surface area contributed by atoms with Crippen LogP contribution in [-0.4, -0.2) is 19.9 Å². The number of rotatable bonds is 0. The van der Waals surface area contributed by atoms with Gasteiger partial charge in [-0.3, -0.25) is 0 Å². The number of benzene rings is 1. The van der Waals surface area contributed by atoms with E-state index in [-0.39, 0.29) is 20.4 Å². The van der Waals surface area contributed by atoms with Crippen molar-refractivity contribution in [2.24, 2.45) is 0 Å². The molecule has 4 N–H and O–H groups in total. The Morgan fingerprint density at radius 1 is 0.414 bits per heavy atom. The predicted molar refractivity (Wildman–Crippen MR) is 113 cm³/mol. The van der Waals surface area contributed by atoms with Crippen molar-refractivity contribution in [2.75, 3.05) is 0 Å². The third-order valence-electron chi connectivity index (χ3n) is 5.19. The van der Waals surface area contributed by atoms with E-state index in [1.807, 2.05) is 0 Å². The maximum Gasteiger partial charge on any atom is 0.0485 e. The van der Waals surface area contributed by atoms with Crippen LogP contribution < -0.4 is 21.4 Å². The molecule has 144 valence electrons. The molecule has 1 aliphatic rings. The van der Waals surface area contributed by atoms with Gasteiger partial charge in [0.1, 0.15) is 0 Å². The van der Waals surface area contributed by atoms with E-state index in [2.05, 4.69) is 105 Å². The Morgan fingerprint density at radius 3 is 1.34 bits per heavy atom. The molecule has 1 aromatic carbocycles. The minimum atomic E-state index is 0. The molecule has 4 aromatic heterocycles. The Labute approximate surface area is 180 Å². The Hall–Kier alpha value is -3.26. The molecule has 0 aliphatic carbocycles. The van der Waals surface area contributed by atoms with Crippen molar-refractivity contribution in [1.29, 1.82) is 0 Å². The number of hydrogen-bond acceptors (Lipinski definition) is 0. The predicted octanol–water partition coefficient (Wildman–Crippen LogP) is 1.78. The SMILES string of the molecule is C1=c2ccc([nH]2)=Cc2ccc([nH]2)C=c2[nH]c(c3ccccc23)=Cc2ccc1[nH]2.[Pd]. The zero-order chi connectivity index (χ0) is 18.5. The van der Waals surface area contributed by atoms with Gasteiger partial charge in [-0.1, -0.05) is 24.3 Å². The number of aromatic amines is 4. The van der Waals surface area contributed by atoms with Gasteiger partial charge in [-0.25, -0.2) is 0 Å². The van der Waals surface area contributed by atoms with Gasteiger partial charge < -0.3 is 19.9 Å². The number of fused-ring (bicyclic) bond motifs is 11. The summed E-state index contributed by atoms with van der Waals surface area (Å²) in [6.45, 7) is 0. The average Bonchev–Trinajstić information content (AvgIpc) is 3.47.